The van der Waals surface area contributed by atoms with Crippen LogP contribution in [0.4, 0.5) is 5.69 Å². The molecule has 7 nitrogen and oxygen atoms in total. The van der Waals surface area contributed by atoms with Crippen molar-refractivity contribution in [3.8, 4) is 11.5 Å². The van der Waals surface area contributed by atoms with E-state index in [0.29, 0.717) is 41.4 Å². The zero-order valence-corrected chi connectivity index (χ0v) is 16.3. The monoisotopic (exact) mass is 393 g/mol. The summed E-state index contributed by atoms with van der Waals surface area (Å²) in [7, 11) is 4.78. The lowest BCUT2D eigenvalue weighted by atomic mass is 10.1. The largest absolute Gasteiger partial charge is 0.493 e. The van der Waals surface area contributed by atoms with Gasteiger partial charge >= 0.3 is 0 Å². The number of hydrogen-bond acceptors (Lipinski definition) is 5. The molecule has 146 valence electrons. The van der Waals surface area contributed by atoms with Crippen molar-refractivity contribution in [2.75, 3.05) is 39.7 Å². The van der Waals surface area contributed by atoms with Crippen LogP contribution in [0.3, 0.4) is 0 Å². The van der Waals surface area contributed by atoms with Gasteiger partial charge in [-0.05, 0) is 25.2 Å². The van der Waals surface area contributed by atoms with Gasteiger partial charge in [0.15, 0.2) is 11.5 Å². The summed E-state index contributed by atoms with van der Waals surface area (Å²) in [6.45, 7) is 1.08. The average molecular weight is 394 g/mol. The van der Waals surface area contributed by atoms with Gasteiger partial charge in [-0.1, -0.05) is 18.2 Å². The van der Waals surface area contributed by atoms with Gasteiger partial charge in [-0.3, -0.25) is 9.59 Å². The SMILES string of the molecule is CNCCNC(=O)c1cc(OC)c(OC)cc1NC(=O)c1ccccc1.Cl. The van der Waals surface area contributed by atoms with Crippen molar-refractivity contribution in [2.45, 2.75) is 0 Å². The molecule has 0 unspecified atom stereocenters. The summed E-state index contributed by atoms with van der Waals surface area (Å²) in [4.78, 5) is 25.0. The van der Waals surface area contributed by atoms with Crippen LogP contribution in [0.5, 0.6) is 11.5 Å². The molecule has 0 bridgehead atoms. The fraction of sp³-hybridized carbons (Fsp3) is 0.263. The van der Waals surface area contributed by atoms with Crippen molar-refractivity contribution in [3.05, 3.63) is 53.6 Å². The zero-order valence-electron chi connectivity index (χ0n) is 15.5. The van der Waals surface area contributed by atoms with Crippen LogP contribution in [-0.2, 0) is 0 Å². The van der Waals surface area contributed by atoms with Crippen molar-refractivity contribution in [2.24, 2.45) is 0 Å². The van der Waals surface area contributed by atoms with E-state index in [1.807, 2.05) is 6.07 Å². The Labute approximate surface area is 164 Å². The van der Waals surface area contributed by atoms with Gasteiger partial charge < -0.3 is 25.4 Å². The van der Waals surface area contributed by atoms with Crippen molar-refractivity contribution in [3.63, 3.8) is 0 Å². The van der Waals surface area contributed by atoms with E-state index in [1.165, 1.54) is 14.2 Å². The highest BCUT2D eigenvalue weighted by molar-refractivity contribution is 6.09. The standard InChI is InChI=1S/C19H23N3O4.ClH/c1-20-9-10-21-19(24)14-11-16(25-2)17(26-3)12-15(14)22-18(23)13-7-5-4-6-8-13;/h4-8,11-12,20H,9-10H2,1-3H3,(H,21,24)(H,22,23);1H. The van der Waals surface area contributed by atoms with Gasteiger partial charge in [0.05, 0.1) is 25.5 Å². The van der Waals surface area contributed by atoms with Crippen LogP contribution in [0.1, 0.15) is 20.7 Å². The van der Waals surface area contributed by atoms with Crippen molar-refractivity contribution in [1.82, 2.24) is 10.6 Å². The molecule has 2 amide bonds. The number of nitrogens with one attached hydrogen (secondary N) is 3. The summed E-state index contributed by atoms with van der Waals surface area (Å²) >= 11 is 0. The summed E-state index contributed by atoms with van der Waals surface area (Å²) < 4.78 is 10.5. The molecule has 27 heavy (non-hydrogen) atoms. The summed E-state index contributed by atoms with van der Waals surface area (Å²) in [5, 5.41) is 8.52. The molecule has 3 N–H and O–H groups in total. The lowest BCUT2D eigenvalue weighted by molar-refractivity contribution is 0.0954. The van der Waals surface area contributed by atoms with Gasteiger partial charge in [0.1, 0.15) is 0 Å². The number of rotatable bonds is 8. The second-order valence-corrected chi connectivity index (χ2v) is 5.43. The zero-order chi connectivity index (χ0) is 18.9. The molecular formula is C19H24ClN3O4. The fourth-order valence-electron chi connectivity index (χ4n) is 2.35. The Bertz CT molecular complexity index is 769. The minimum absolute atomic E-state index is 0. The van der Waals surface area contributed by atoms with Crippen LogP contribution >= 0.6 is 12.4 Å². The van der Waals surface area contributed by atoms with E-state index in [9.17, 15) is 9.59 Å². The number of hydrogen-bond donors (Lipinski definition) is 3. The number of benzene rings is 2. The molecule has 0 aliphatic heterocycles. The number of anilines is 1. The van der Waals surface area contributed by atoms with Crippen LogP contribution in [0.25, 0.3) is 0 Å². The first kappa shape index (κ1) is 22.3. The molecule has 0 atom stereocenters. The van der Waals surface area contributed by atoms with Gasteiger partial charge in [-0.2, -0.15) is 0 Å². The topological polar surface area (TPSA) is 88.7 Å². The lowest BCUT2D eigenvalue weighted by Gasteiger charge is -2.16. The Morgan fingerprint density at radius 3 is 2.15 bits per heavy atom. The Morgan fingerprint density at radius 1 is 0.926 bits per heavy atom. The maximum Gasteiger partial charge on any atom is 0.255 e. The highest BCUT2D eigenvalue weighted by Gasteiger charge is 2.19. The van der Waals surface area contributed by atoms with E-state index in [0.717, 1.165) is 0 Å². The molecule has 0 spiro atoms. The number of carbonyl (C=O) groups is 2. The molecule has 8 heteroatoms. The number of likely N-dealkylation sites (N-methyl/N-ethyl adjacent to an activating group) is 1. The number of ether oxygens (including phenoxy) is 2. The Hall–Kier alpha value is -2.77. The quantitative estimate of drug-likeness (QED) is 0.599. The van der Waals surface area contributed by atoms with E-state index in [1.54, 1.807) is 43.4 Å². The number of halogens is 1. The predicted molar refractivity (Wildman–Crippen MR) is 107 cm³/mol. The smallest absolute Gasteiger partial charge is 0.255 e. The molecule has 0 aliphatic rings. The second kappa shape index (κ2) is 11.1. The van der Waals surface area contributed by atoms with Crippen molar-refractivity contribution < 1.29 is 19.1 Å². The maximum absolute atomic E-state index is 12.5. The first-order chi connectivity index (χ1) is 12.6. The van der Waals surface area contributed by atoms with E-state index in [-0.39, 0.29) is 24.2 Å². The van der Waals surface area contributed by atoms with Gasteiger partial charge in [-0.25, -0.2) is 0 Å². The second-order valence-electron chi connectivity index (χ2n) is 5.43. The molecule has 2 aromatic rings. The highest BCUT2D eigenvalue weighted by atomic mass is 35.5. The third kappa shape index (κ3) is 5.87. The molecule has 0 fully saturated rings. The fourth-order valence-corrected chi connectivity index (χ4v) is 2.35. The van der Waals surface area contributed by atoms with Gasteiger partial charge in [0.25, 0.3) is 11.8 Å². The molecule has 0 radical (unpaired) electrons. The molecular weight excluding hydrogens is 370 g/mol. The predicted octanol–water partition coefficient (Wildman–Crippen LogP) is 2.33. The average Bonchev–Trinajstić information content (AvgIpc) is 2.68. The third-order valence-electron chi connectivity index (χ3n) is 3.71. The Morgan fingerprint density at radius 2 is 1.56 bits per heavy atom. The van der Waals surface area contributed by atoms with Crippen molar-refractivity contribution >= 4 is 29.9 Å². The van der Waals surface area contributed by atoms with E-state index in [4.69, 9.17) is 9.47 Å². The molecule has 2 rings (SSSR count). The minimum Gasteiger partial charge on any atom is -0.493 e. The third-order valence-corrected chi connectivity index (χ3v) is 3.71. The maximum atomic E-state index is 12.5. The number of amides is 2. The number of methoxy groups -OCH3 is 2. The van der Waals surface area contributed by atoms with Gasteiger partial charge in [0, 0.05) is 24.7 Å². The van der Waals surface area contributed by atoms with Crippen LogP contribution in [0.15, 0.2) is 42.5 Å². The minimum atomic E-state index is -0.318. The number of carbonyl (C=O) groups excluding carboxylic acids is 2. The summed E-state index contributed by atoms with van der Waals surface area (Å²) in [6.07, 6.45) is 0. The molecule has 0 saturated carbocycles. The van der Waals surface area contributed by atoms with E-state index in [2.05, 4.69) is 16.0 Å². The molecule has 0 saturated heterocycles. The van der Waals surface area contributed by atoms with Gasteiger partial charge in [-0.15, -0.1) is 12.4 Å². The first-order valence-corrected chi connectivity index (χ1v) is 8.16. The van der Waals surface area contributed by atoms with Crippen LogP contribution < -0.4 is 25.4 Å². The van der Waals surface area contributed by atoms with Crippen LogP contribution in [0, 0.1) is 0 Å². The molecule has 0 aromatic heterocycles. The van der Waals surface area contributed by atoms with E-state index < -0.39 is 0 Å². The molecule has 0 heterocycles. The highest BCUT2D eigenvalue weighted by Crippen LogP contribution is 2.33. The van der Waals surface area contributed by atoms with Crippen LogP contribution in [-0.4, -0.2) is 46.2 Å². The lowest BCUT2D eigenvalue weighted by Crippen LogP contribution is -2.31. The Kier molecular flexibility index (Phi) is 9.12. The Balaban J connectivity index is 0.00000364. The normalized spacial score (nSPS) is 9.74. The summed E-state index contributed by atoms with van der Waals surface area (Å²) in [6, 6.07) is 11.9. The first-order valence-electron chi connectivity index (χ1n) is 8.16. The van der Waals surface area contributed by atoms with Gasteiger partial charge in [0.2, 0.25) is 0 Å². The summed E-state index contributed by atoms with van der Waals surface area (Å²) in [5.74, 6) is 0.193. The molecule has 0 aliphatic carbocycles. The summed E-state index contributed by atoms with van der Waals surface area (Å²) in [5.41, 5.74) is 1.13. The van der Waals surface area contributed by atoms with E-state index >= 15 is 0 Å². The molecule has 2 aromatic carbocycles. The van der Waals surface area contributed by atoms with Crippen LogP contribution in [0.2, 0.25) is 0 Å². The van der Waals surface area contributed by atoms with Crippen molar-refractivity contribution in [1.29, 1.82) is 0 Å².